The van der Waals surface area contributed by atoms with Gasteiger partial charge in [-0.2, -0.15) is 0 Å². The second-order valence-electron chi connectivity index (χ2n) is 6.52. The minimum Gasteiger partial charge on any atom is -0.379 e. The SMILES string of the molecule is O=C(CN1CCOCC1)NCC1CCCN(Cc2cccs2)C1. The van der Waals surface area contributed by atoms with Crippen LogP contribution < -0.4 is 5.32 Å². The number of hydrogen-bond donors (Lipinski definition) is 1. The van der Waals surface area contributed by atoms with Gasteiger partial charge in [0.15, 0.2) is 0 Å². The molecule has 2 aliphatic heterocycles. The van der Waals surface area contributed by atoms with Gasteiger partial charge in [-0.1, -0.05) is 6.07 Å². The van der Waals surface area contributed by atoms with Gasteiger partial charge in [-0.05, 0) is 36.8 Å². The molecule has 1 unspecified atom stereocenters. The van der Waals surface area contributed by atoms with Crippen LogP contribution in [-0.2, 0) is 16.1 Å². The molecule has 2 fully saturated rings. The van der Waals surface area contributed by atoms with E-state index >= 15 is 0 Å². The largest absolute Gasteiger partial charge is 0.379 e. The molecule has 0 bridgehead atoms. The van der Waals surface area contributed by atoms with Crippen molar-refractivity contribution in [1.82, 2.24) is 15.1 Å². The van der Waals surface area contributed by atoms with E-state index in [-0.39, 0.29) is 5.91 Å². The lowest BCUT2D eigenvalue weighted by Crippen LogP contribution is -2.45. The van der Waals surface area contributed by atoms with E-state index < -0.39 is 0 Å². The third kappa shape index (κ3) is 5.57. The quantitative estimate of drug-likeness (QED) is 0.852. The lowest BCUT2D eigenvalue weighted by atomic mass is 9.98. The highest BCUT2D eigenvalue weighted by Crippen LogP contribution is 2.19. The standard InChI is InChI=1S/C17H27N3O2S/c21-17(14-19-6-8-22-9-7-19)18-11-15-3-1-5-20(12-15)13-16-4-2-10-23-16/h2,4,10,15H,1,3,5-9,11-14H2,(H,18,21). The van der Waals surface area contributed by atoms with Gasteiger partial charge in [-0.3, -0.25) is 14.6 Å². The fourth-order valence-corrected chi connectivity index (χ4v) is 4.11. The summed E-state index contributed by atoms with van der Waals surface area (Å²) in [5.41, 5.74) is 0. The average Bonchev–Trinajstić information content (AvgIpc) is 3.07. The van der Waals surface area contributed by atoms with Crippen LogP contribution in [0.3, 0.4) is 0 Å². The molecule has 1 aromatic heterocycles. The van der Waals surface area contributed by atoms with Crippen LogP contribution in [-0.4, -0.2) is 68.2 Å². The van der Waals surface area contributed by atoms with Crippen molar-refractivity contribution in [3.05, 3.63) is 22.4 Å². The first kappa shape index (κ1) is 16.9. The second-order valence-corrected chi connectivity index (χ2v) is 7.55. The molecule has 5 nitrogen and oxygen atoms in total. The van der Waals surface area contributed by atoms with Gasteiger partial charge < -0.3 is 10.1 Å². The Kier molecular flexibility index (Phi) is 6.45. The number of likely N-dealkylation sites (tertiary alicyclic amines) is 1. The van der Waals surface area contributed by atoms with Gasteiger partial charge in [0.2, 0.25) is 5.91 Å². The molecule has 3 heterocycles. The third-order valence-electron chi connectivity index (χ3n) is 4.62. The molecule has 1 atom stereocenters. The summed E-state index contributed by atoms with van der Waals surface area (Å²) in [4.78, 5) is 18.2. The number of carbonyl (C=O) groups is 1. The lowest BCUT2D eigenvalue weighted by Gasteiger charge is -2.32. The molecule has 23 heavy (non-hydrogen) atoms. The molecular formula is C17H27N3O2S. The van der Waals surface area contributed by atoms with E-state index in [1.165, 1.54) is 24.3 Å². The molecule has 3 rings (SSSR count). The molecule has 128 valence electrons. The van der Waals surface area contributed by atoms with E-state index in [1.54, 1.807) is 0 Å². The Labute approximate surface area is 142 Å². The van der Waals surface area contributed by atoms with Crippen LogP contribution in [0.2, 0.25) is 0 Å². The van der Waals surface area contributed by atoms with Gasteiger partial charge >= 0.3 is 0 Å². The zero-order valence-corrected chi connectivity index (χ0v) is 14.5. The molecular weight excluding hydrogens is 310 g/mol. The summed E-state index contributed by atoms with van der Waals surface area (Å²) in [6, 6.07) is 4.33. The minimum absolute atomic E-state index is 0.155. The van der Waals surface area contributed by atoms with E-state index in [0.717, 1.165) is 45.9 Å². The van der Waals surface area contributed by atoms with Crippen LogP contribution in [0, 0.1) is 5.92 Å². The summed E-state index contributed by atoms with van der Waals surface area (Å²) in [5.74, 6) is 0.736. The minimum atomic E-state index is 0.155. The van der Waals surface area contributed by atoms with Gasteiger partial charge in [0, 0.05) is 37.6 Å². The van der Waals surface area contributed by atoms with Crippen molar-refractivity contribution < 1.29 is 9.53 Å². The van der Waals surface area contributed by atoms with Crippen molar-refractivity contribution in [3.8, 4) is 0 Å². The first-order chi connectivity index (χ1) is 11.3. The van der Waals surface area contributed by atoms with Crippen LogP contribution >= 0.6 is 11.3 Å². The number of morpholine rings is 1. The van der Waals surface area contributed by atoms with E-state index in [0.29, 0.717) is 12.5 Å². The number of ether oxygens (including phenoxy) is 1. The Morgan fingerprint density at radius 1 is 1.30 bits per heavy atom. The van der Waals surface area contributed by atoms with E-state index in [9.17, 15) is 4.79 Å². The first-order valence-corrected chi connectivity index (χ1v) is 9.49. The summed E-state index contributed by atoms with van der Waals surface area (Å²) >= 11 is 1.83. The van der Waals surface area contributed by atoms with Crippen LogP contribution in [0.4, 0.5) is 0 Å². The highest BCUT2D eigenvalue weighted by molar-refractivity contribution is 7.09. The number of nitrogens with one attached hydrogen (secondary N) is 1. The smallest absolute Gasteiger partial charge is 0.234 e. The Balaban J connectivity index is 1.36. The Morgan fingerprint density at radius 2 is 2.17 bits per heavy atom. The molecule has 0 saturated carbocycles. The average molecular weight is 337 g/mol. The zero-order valence-electron chi connectivity index (χ0n) is 13.7. The zero-order chi connectivity index (χ0) is 15.9. The van der Waals surface area contributed by atoms with E-state index in [4.69, 9.17) is 4.74 Å². The number of nitrogens with zero attached hydrogens (tertiary/aromatic N) is 2. The Bertz CT molecular complexity index is 474. The molecule has 1 aromatic rings. The van der Waals surface area contributed by atoms with Crippen LogP contribution in [0.1, 0.15) is 17.7 Å². The van der Waals surface area contributed by atoms with Crippen molar-refractivity contribution in [2.24, 2.45) is 5.92 Å². The van der Waals surface area contributed by atoms with Crippen molar-refractivity contribution in [1.29, 1.82) is 0 Å². The normalized spacial score (nSPS) is 23.7. The maximum Gasteiger partial charge on any atom is 0.234 e. The predicted octanol–water partition coefficient (Wildman–Crippen LogP) is 1.41. The predicted molar refractivity (Wildman–Crippen MR) is 92.6 cm³/mol. The van der Waals surface area contributed by atoms with Crippen molar-refractivity contribution >= 4 is 17.2 Å². The summed E-state index contributed by atoms with van der Waals surface area (Å²) in [6.07, 6.45) is 2.45. The number of thiophene rings is 1. The monoisotopic (exact) mass is 337 g/mol. The summed E-state index contributed by atoms with van der Waals surface area (Å²) in [7, 11) is 0. The number of hydrogen-bond acceptors (Lipinski definition) is 5. The summed E-state index contributed by atoms with van der Waals surface area (Å²) < 4.78 is 5.31. The third-order valence-corrected chi connectivity index (χ3v) is 5.48. The van der Waals surface area contributed by atoms with E-state index in [1.807, 2.05) is 11.3 Å². The van der Waals surface area contributed by atoms with Crippen molar-refractivity contribution in [2.75, 3.05) is 52.5 Å². The molecule has 0 aliphatic carbocycles. The number of piperidine rings is 1. The van der Waals surface area contributed by atoms with Gasteiger partial charge in [0.05, 0.1) is 19.8 Å². The Hall–Kier alpha value is -0.950. The second kappa shape index (κ2) is 8.78. The molecule has 0 aromatic carbocycles. The number of carbonyl (C=O) groups excluding carboxylic acids is 1. The fourth-order valence-electron chi connectivity index (χ4n) is 3.36. The topological polar surface area (TPSA) is 44.8 Å². The van der Waals surface area contributed by atoms with Crippen molar-refractivity contribution in [3.63, 3.8) is 0 Å². The highest BCUT2D eigenvalue weighted by atomic mass is 32.1. The molecule has 6 heteroatoms. The molecule has 0 spiro atoms. The lowest BCUT2D eigenvalue weighted by molar-refractivity contribution is -0.123. The molecule has 1 amide bonds. The van der Waals surface area contributed by atoms with Gasteiger partial charge in [-0.25, -0.2) is 0 Å². The van der Waals surface area contributed by atoms with Gasteiger partial charge in [0.1, 0.15) is 0 Å². The van der Waals surface area contributed by atoms with Gasteiger partial charge in [0.25, 0.3) is 0 Å². The molecule has 2 saturated heterocycles. The number of amides is 1. The first-order valence-electron chi connectivity index (χ1n) is 8.61. The van der Waals surface area contributed by atoms with Crippen LogP contribution in [0.25, 0.3) is 0 Å². The Morgan fingerprint density at radius 3 is 2.96 bits per heavy atom. The van der Waals surface area contributed by atoms with E-state index in [2.05, 4.69) is 32.6 Å². The number of rotatable bonds is 6. The maximum atomic E-state index is 12.1. The van der Waals surface area contributed by atoms with Gasteiger partial charge in [-0.15, -0.1) is 11.3 Å². The highest BCUT2D eigenvalue weighted by Gasteiger charge is 2.21. The molecule has 2 aliphatic rings. The molecule has 0 radical (unpaired) electrons. The van der Waals surface area contributed by atoms with Crippen LogP contribution in [0.5, 0.6) is 0 Å². The van der Waals surface area contributed by atoms with Crippen LogP contribution in [0.15, 0.2) is 17.5 Å². The fraction of sp³-hybridized carbons (Fsp3) is 0.706. The van der Waals surface area contributed by atoms with Crippen molar-refractivity contribution in [2.45, 2.75) is 19.4 Å². The molecule has 1 N–H and O–H groups in total. The summed E-state index contributed by atoms with van der Waals surface area (Å²) in [6.45, 7) is 7.86. The maximum absolute atomic E-state index is 12.1. The summed E-state index contributed by atoms with van der Waals surface area (Å²) in [5, 5.41) is 5.28.